The lowest BCUT2D eigenvalue weighted by atomic mass is 9.78. The molecule has 47 heavy (non-hydrogen) atoms. The number of sulfone groups is 1. The number of nitrogens with one attached hydrogen (secondary N) is 4. The van der Waals surface area contributed by atoms with Crippen molar-refractivity contribution in [1.82, 2.24) is 26.2 Å². The number of likely N-dealkylation sites (tertiary alicyclic amines) is 1. The Morgan fingerprint density at radius 3 is 2.11 bits per heavy atom. The molecule has 0 aromatic carbocycles. The normalized spacial score (nSPS) is 25.1. The van der Waals surface area contributed by atoms with Crippen LogP contribution in [0.25, 0.3) is 0 Å². The van der Waals surface area contributed by atoms with Crippen LogP contribution in [0.15, 0.2) is 0 Å². The lowest BCUT2D eigenvalue weighted by molar-refractivity contribution is -0.144. The summed E-state index contributed by atoms with van der Waals surface area (Å²) in [5.41, 5.74) is -1.63. The minimum absolute atomic E-state index is 0.0422. The Kier molecular flexibility index (Phi) is 13.3. The molecule has 2 aliphatic heterocycles. The lowest BCUT2D eigenvalue weighted by Gasteiger charge is -2.43. The number of hydrogen-bond acceptors (Lipinski definition) is 7. The van der Waals surface area contributed by atoms with Crippen molar-refractivity contribution >= 4 is 39.4 Å². The quantitative estimate of drug-likeness (QED) is 0.216. The van der Waals surface area contributed by atoms with Gasteiger partial charge in [0.05, 0.1) is 22.6 Å². The van der Waals surface area contributed by atoms with Crippen LogP contribution in [0, 0.1) is 17.3 Å². The highest BCUT2D eigenvalue weighted by molar-refractivity contribution is 7.92. The van der Waals surface area contributed by atoms with E-state index in [1.165, 1.54) is 4.90 Å². The molecule has 3 rings (SSSR count). The van der Waals surface area contributed by atoms with E-state index in [0.717, 1.165) is 19.3 Å². The molecule has 0 spiro atoms. The maximum atomic E-state index is 14.4. The second-order valence-electron chi connectivity index (χ2n) is 15.3. The van der Waals surface area contributed by atoms with E-state index in [2.05, 4.69) is 21.3 Å². The van der Waals surface area contributed by atoms with Crippen molar-refractivity contribution in [1.29, 1.82) is 0 Å². The van der Waals surface area contributed by atoms with Gasteiger partial charge in [-0.3, -0.25) is 19.2 Å². The van der Waals surface area contributed by atoms with E-state index in [9.17, 15) is 32.4 Å². The molecule has 0 aromatic heterocycles. The van der Waals surface area contributed by atoms with Crippen molar-refractivity contribution in [3.63, 3.8) is 0 Å². The number of Topliss-reactive ketones (excluding diaryl/α,β-unsaturated/α-hetero) is 1. The molecule has 0 aromatic rings. The van der Waals surface area contributed by atoms with Crippen molar-refractivity contribution in [2.45, 2.75) is 148 Å². The topological polar surface area (TPSA) is 171 Å². The maximum Gasteiger partial charge on any atom is 0.315 e. The summed E-state index contributed by atoms with van der Waals surface area (Å²) >= 11 is 0. The molecular formula is C34H59N5O7S. The second kappa shape index (κ2) is 16.1. The summed E-state index contributed by atoms with van der Waals surface area (Å²) in [6.45, 7) is 13.9. The van der Waals surface area contributed by atoms with Crippen molar-refractivity contribution in [3.05, 3.63) is 0 Å². The van der Waals surface area contributed by atoms with Crippen LogP contribution in [-0.4, -0.2) is 90.6 Å². The Morgan fingerprint density at radius 2 is 1.57 bits per heavy atom. The summed E-state index contributed by atoms with van der Waals surface area (Å²) in [6.07, 6.45) is 6.90. The van der Waals surface area contributed by atoms with Gasteiger partial charge >= 0.3 is 6.03 Å². The Labute approximate surface area is 281 Å². The largest absolute Gasteiger partial charge is 0.349 e. The van der Waals surface area contributed by atoms with Gasteiger partial charge in [-0.05, 0) is 62.2 Å². The van der Waals surface area contributed by atoms with Gasteiger partial charge in [0.1, 0.15) is 12.1 Å². The predicted octanol–water partition coefficient (Wildman–Crippen LogP) is 3.23. The molecule has 2 unspecified atom stereocenters. The van der Waals surface area contributed by atoms with Gasteiger partial charge < -0.3 is 26.2 Å². The Balaban J connectivity index is 1.85. The maximum absolute atomic E-state index is 14.4. The molecule has 3 fully saturated rings. The van der Waals surface area contributed by atoms with Crippen LogP contribution >= 0.6 is 0 Å². The van der Waals surface area contributed by atoms with Crippen molar-refractivity contribution < 1.29 is 32.4 Å². The lowest BCUT2D eigenvalue weighted by Crippen LogP contribution is -2.65. The monoisotopic (exact) mass is 681 g/mol. The van der Waals surface area contributed by atoms with E-state index < -0.39 is 73.7 Å². The third-order valence-electron chi connectivity index (χ3n) is 10.3. The van der Waals surface area contributed by atoms with Crippen LogP contribution < -0.4 is 21.3 Å². The fourth-order valence-corrected chi connectivity index (χ4v) is 10.1. The summed E-state index contributed by atoms with van der Waals surface area (Å²) in [7, 11) is -3.35. The minimum atomic E-state index is -3.35. The van der Waals surface area contributed by atoms with Gasteiger partial charge in [0.15, 0.2) is 9.84 Å². The number of hydrogen-bond donors (Lipinski definition) is 4. The van der Waals surface area contributed by atoms with Gasteiger partial charge in [-0.2, -0.15) is 0 Å². The van der Waals surface area contributed by atoms with E-state index in [-0.39, 0.29) is 24.0 Å². The SMILES string of the molecule is CCCNC(=O)C(=O)C(CCC)NC(=O)[C@@H]1[C@@H](C(C)C)CCN1C(=O)[C@@H](NC(=O)NC1(C2CCCS2(=O)=O)CCCCC1)C(C)(C)C. The molecule has 5 amide bonds. The smallest absolute Gasteiger partial charge is 0.315 e. The standard InChI is InChI=1S/C34H59N5O7S/c1-8-14-24(27(40)30(42)35-19-9-2)36-29(41)26-23(22(3)4)16-20-39(26)31(43)28(33(5,6)7)37-32(44)38-34(17-11-10-12-18-34)25-15-13-21-47(25,45)46/h22-26,28H,8-21H2,1-7H3,(H,35,42)(H,36,41)(H2,37,38,44)/t23-,24?,25?,26+,28-/m1/s1. The highest BCUT2D eigenvalue weighted by Crippen LogP contribution is 2.40. The van der Waals surface area contributed by atoms with Crippen LogP contribution in [0.3, 0.4) is 0 Å². The summed E-state index contributed by atoms with van der Waals surface area (Å²) in [5, 5.41) is 10.7. The Bertz CT molecular complexity index is 1260. The fourth-order valence-electron chi connectivity index (χ4n) is 7.73. The number of carbonyl (C=O) groups excluding carboxylic acids is 5. The number of urea groups is 1. The van der Waals surface area contributed by atoms with Gasteiger partial charge in [-0.15, -0.1) is 0 Å². The van der Waals surface area contributed by atoms with Gasteiger partial charge in [0.2, 0.25) is 17.6 Å². The number of carbonyl (C=O) groups is 5. The zero-order valence-corrected chi connectivity index (χ0v) is 30.4. The first kappa shape index (κ1) is 38.7. The van der Waals surface area contributed by atoms with Gasteiger partial charge in [0.25, 0.3) is 5.91 Å². The molecule has 1 aliphatic carbocycles. The highest BCUT2D eigenvalue weighted by atomic mass is 32.2. The van der Waals surface area contributed by atoms with E-state index in [4.69, 9.17) is 0 Å². The highest BCUT2D eigenvalue weighted by Gasteiger charge is 2.51. The van der Waals surface area contributed by atoms with Gasteiger partial charge in [0, 0.05) is 13.1 Å². The van der Waals surface area contributed by atoms with Crippen molar-refractivity contribution in [3.8, 4) is 0 Å². The van der Waals surface area contributed by atoms with Crippen LogP contribution in [0.5, 0.6) is 0 Å². The number of nitrogens with zero attached hydrogens (tertiary/aromatic N) is 1. The first-order valence-electron chi connectivity index (χ1n) is 17.7. The minimum Gasteiger partial charge on any atom is -0.349 e. The van der Waals surface area contributed by atoms with Crippen LogP contribution in [0.2, 0.25) is 0 Å². The van der Waals surface area contributed by atoms with E-state index in [1.807, 2.05) is 48.5 Å². The molecule has 2 saturated heterocycles. The summed E-state index contributed by atoms with van der Waals surface area (Å²) in [5.74, 6) is -2.39. The van der Waals surface area contributed by atoms with Gasteiger partial charge in [-0.1, -0.05) is 74.1 Å². The second-order valence-corrected chi connectivity index (χ2v) is 17.6. The fraction of sp³-hybridized carbons (Fsp3) is 0.853. The van der Waals surface area contributed by atoms with E-state index >= 15 is 0 Å². The molecule has 0 bridgehead atoms. The molecular weight excluding hydrogens is 622 g/mol. The molecule has 268 valence electrons. The van der Waals surface area contributed by atoms with Crippen LogP contribution in [0.4, 0.5) is 4.79 Å². The third kappa shape index (κ3) is 9.26. The van der Waals surface area contributed by atoms with Crippen molar-refractivity contribution in [2.75, 3.05) is 18.8 Å². The number of amides is 5. The average molecular weight is 682 g/mol. The Morgan fingerprint density at radius 1 is 0.915 bits per heavy atom. The Hall–Kier alpha value is -2.70. The first-order valence-corrected chi connectivity index (χ1v) is 19.4. The molecule has 0 radical (unpaired) electrons. The zero-order valence-electron chi connectivity index (χ0n) is 29.6. The van der Waals surface area contributed by atoms with Crippen molar-refractivity contribution in [2.24, 2.45) is 17.3 Å². The van der Waals surface area contributed by atoms with E-state index in [0.29, 0.717) is 58.0 Å². The predicted molar refractivity (Wildman–Crippen MR) is 181 cm³/mol. The third-order valence-corrected chi connectivity index (χ3v) is 12.7. The van der Waals surface area contributed by atoms with Gasteiger partial charge in [-0.25, -0.2) is 13.2 Å². The van der Waals surface area contributed by atoms with Crippen LogP contribution in [0.1, 0.15) is 119 Å². The number of ketones is 1. The van der Waals surface area contributed by atoms with E-state index in [1.54, 1.807) is 0 Å². The molecule has 1 saturated carbocycles. The molecule has 5 atom stereocenters. The molecule has 12 nitrogen and oxygen atoms in total. The zero-order chi connectivity index (χ0) is 35.2. The number of rotatable bonds is 13. The summed E-state index contributed by atoms with van der Waals surface area (Å²) in [6, 6.07) is -3.51. The summed E-state index contributed by atoms with van der Waals surface area (Å²) in [4.78, 5) is 69.1. The molecule has 4 N–H and O–H groups in total. The molecule has 13 heteroatoms. The summed E-state index contributed by atoms with van der Waals surface area (Å²) < 4.78 is 26.1. The molecule has 3 aliphatic rings. The average Bonchev–Trinajstić information content (AvgIpc) is 3.61. The van der Waals surface area contributed by atoms with Crippen LogP contribution in [-0.2, 0) is 29.0 Å². The molecule has 2 heterocycles. The first-order chi connectivity index (χ1) is 22.0.